The maximum Gasteiger partial charge on any atom is 0.301 e. The molecule has 1 aliphatic heterocycles. The number of hydrogen-bond donors (Lipinski definition) is 1. The van der Waals surface area contributed by atoms with Crippen LogP contribution in [0.25, 0.3) is 16.0 Å². The summed E-state index contributed by atoms with van der Waals surface area (Å²) in [7, 11) is 0. The summed E-state index contributed by atoms with van der Waals surface area (Å²) in [6.07, 6.45) is 0. The zero-order chi connectivity index (χ0) is 24.9. The minimum atomic E-state index is -0.872. The van der Waals surface area contributed by atoms with E-state index in [2.05, 4.69) is 18.8 Å². The number of aliphatic hydroxyl groups is 1. The number of halogens is 1. The second-order valence-electron chi connectivity index (χ2n) is 8.96. The number of nitrogens with zero attached hydrogens (tertiary/aromatic N) is 2. The van der Waals surface area contributed by atoms with Crippen molar-refractivity contribution in [2.45, 2.75) is 32.7 Å². The summed E-state index contributed by atoms with van der Waals surface area (Å²) in [6, 6.07) is 17.8. The molecule has 1 atom stereocenters. The van der Waals surface area contributed by atoms with Crippen molar-refractivity contribution in [2.24, 2.45) is 0 Å². The minimum Gasteiger partial charge on any atom is -0.507 e. The van der Waals surface area contributed by atoms with Crippen molar-refractivity contribution in [3.05, 3.63) is 100 Å². The van der Waals surface area contributed by atoms with Gasteiger partial charge in [-0.05, 0) is 65.9 Å². The molecule has 4 aromatic rings. The van der Waals surface area contributed by atoms with E-state index < -0.39 is 23.5 Å². The quantitative estimate of drug-likeness (QED) is 0.203. The third kappa shape index (κ3) is 4.02. The number of benzene rings is 3. The lowest BCUT2D eigenvalue weighted by molar-refractivity contribution is -0.132. The molecule has 1 fully saturated rings. The summed E-state index contributed by atoms with van der Waals surface area (Å²) in [5, 5.41) is 11.5. The standard InChI is InChI=1S/C28H23FN2O3S/c1-15(2)17-5-7-18(8-6-17)24-23(25(32)19-9-11-20(29)12-10-19)26(33)27(34)31(24)28-30-21-13-4-16(3)14-22(21)35-28/h4-15,24,32H,1-3H3/b25-23+/t24-/m1/s1. The number of fused-ring (bicyclic) bond motifs is 1. The smallest absolute Gasteiger partial charge is 0.301 e. The monoisotopic (exact) mass is 486 g/mol. The van der Waals surface area contributed by atoms with Crippen molar-refractivity contribution in [2.75, 3.05) is 4.90 Å². The number of anilines is 1. The molecule has 176 valence electrons. The molecule has 5 nitrogen and oxygen atoms in total. The fourth-order valence-electron chi connectivity index (χ4n) is 4.29. The van der Waals surface area contributed by atoms with Gasteiger partial charge in [0.1, 0.15) is 11.6 Å². The number of aryl methyl sites for hydroxylation is 1. The van der Waals surface area contributed by atoms with E-state index in [1.807, 2.05) is 49.4 Å². The molecule has 2 heterocycles. The summed E-state index contributed by atoms with van der Waals surface area (Å²) >= 11 is 1.32. The highest BCUT2D eigenvalue weighted by Crippen LogP contribution is 2.44. The number of aliphatic hydroxyl groups excluding tert-OH is 1. The molecule has 0 saturated carbocycles. The molecule has 3 aromatic carbocycles. The molecular formula is C28H23FN2O3S. The number of carbonyl (C=O) groups excluding carboxylic acids is 2. The average molecular weight is 487 g/mol. The number of ketones is 1. The Balaban J connectivity index is 1.71. The zero-order valence-corrected chi connectivity index (χ0v) is 20.3. The van der Waals surface area contributed by atoms with Crippen LogP contribution in [0.4, 0.5) is 9.52 Å². The number of hydrogen-bond acceptors (Lipinski definition) is 5. The average Bonchev–Trinajstić information content (AvgIpc) is 3.37. The highest BCUT2D eigenvalue weighted by Gasteiger charge is 2.48. The molecule has 0 unspecified atom stereocenters. The second-order valence-corrected chi connectivity index (χ2v) is 9.97. The van der Waals surface area contributed by atoms with Gasteiger partial charge >= 0.3 is 5.91 Å². The van der Waals surface area contributed by atoms with Crippen LogP contribution in [0, 0.1) is 12.7 Å². The van der Waals surface area contributed by atoms with E-state index in [0.717, 1.165) is 21.3 Å². The van der Waals surface area contributed by atoms with Gasteiger partial charge < -0.3 is 5.11 Å². The van der Waals surface area contributed by atoms with E-state index in [1.54, 1.807) is 0 Å². The lowest BCUT2D eigenvalue weighted by Crippen LogP contribution is -2.29. The van der Waals surface area contributed by atoms with Crippen molar-refractivity contribution in [3.63, 3.8) is 0 Å². The normalized spacial score (nSPS) is 17.6. The van der Waals surface area contributed by atoms with Crippen LogP contribution in [0.2, 0.25) is 0 Å². The maximum atomic E-state index is 13.5. The summed E-state index contributed by atoms with van der Waals surface area (Å²) in [5.41, 5.74) is 3.78. The van der Waals surface area contributed by atoms with Crippen LogP contribution < -0.4 is 4.90 Å². The highest BCUT2D eigenvalue weighted by atomic mass is 32.1. The van der Waals surface area contributed by atoms with Crippen molar-refractivity contribution in [3.8, 4) is 0 Å². The Kier molecular flexibility index (Phi) is 5.73. The van der Waals surface area contributed by atoms with Crippen molar-refractivity contribution in [1.82, 2.24) is 4.98 Å². The third-order valence-corrected chi connectivity index (χ3v) is 7.24. The van der Waals surface area contributed by atoms with Gasteiger partial charge in [0.15, 0.2) is 5.13 Å². The molecule has 1 aromatic heterocycles. The van der Waals surface area contributed by atoms with Crippen molar-refractivity contribution in [1.29, 1.82) is 0 Å². The minimum absolute atomic E-state index is 0.0469. The first kappa shape index (κ1) is 22.9. The number of rotatable bonds is 4. The van der Waals surface area contributed by atoms with Crippen molar-refractivity contribution >= 4 is 44.1 Å². The lowest BCUT2D eigenvalue weighted by atomic mass is 9.93. The van der Waals surface area contributed by atoms with Crippen LogP contribution in [0.5, 0.6) is 0 Å². The molecule has 1 N–H and O–H groups in total. The Hall–Kier alpha value is -3.84. The van der Waals surface area contributed by atoms with E-state index in [-0.39, 0.29) is 16.9 Å². The molecule has 1 aliphatic rings. The molecule has 0 aliphatic carbocycles. The fourth-order valence-corrected chi connectivity index (χ4v) is 5.38. The summed E-state index contributed by atoms with van der Waals surface area (Å²) in [5.74, 6) is -2.07. The zero-order valence-electron chi connectivity index (χ0n) is 19.4. The van der Waals surface area contributed by atoms with Gasteiger partial charge in [-0.3, -0.25) is 14.5 Å². The SMILES string of the molecule is Cc1ccc2nc(N3C(=O)C(=O)/C(=C(/O)c4ccc(F)cc4)[C@H]3c3ccc(C(C)C)cc3)sc2c1. The van der Waals surface area contributed by atoms with Crippen molar-refractivity contribution < 1.29 is 19.1 Å². The van der Waals surface area contributed by atoms with Crippen LogP contribution >= 0.6 is 11.3 Å². The van der Waals surface area contributed by atoms with Gasteiger partial charge in [-0.25, -0.2) is 9.37 Å². The van der Waals surface area contributed by atoms with Gasteiger partial charge in [0.2, 0.25) is 0 Å². The van der Waals surface area contributed by atoms with Crippen LogP contribution in [0.15, 0.2) is 72.3 Å². The Morgan fingerprint density at radius 3 is 2.37 bits per heavy atom. The Labute approximate surface area is 206 Å². The first-order valence-electron chi connectivity index (χ1n) is 11.3. The molecule has 0 bridgehead atoms. The maximum absolute atomic E-state index is 13.5. The van der Waals surface area contributed by atoms with Gasteiger partial charge in [-0.1, -0.05) is 55.5 Å². The van der Waals surface area contributed by atoms with E-state index in [9.17, 15) is 19.1 Å². The fraction of sp³-hybridized carbons (Fsp3) is 0.179. The Morgan fingerprint density at radius 2 is 1.71 bits per heavy atom. The molecule has 35 heavy (non-hydrogen) atoms. The van der Waals surface area contributed by atoms with E-state index >= 15 is 0 Å². The molecular weight excluding hydrogens is 463 g/mol. The summed E-state index contributed by atoms with van der Waals surface area (Å²) < 4.78 is 14.4. The first-order valence-corrected chi connectivity index (χ1v) is 12.1. The molecule has 1 amide bonds. The van der Waals surface area contributed by atoms with E-state index in [1.165, 1.54) is 40.5 Å². The van der Waals surface area contributed by atoms with Gasteiger partial charge in [-0.15, -0.1) is 0 Å². The van der Waals surface area contributed by atoms with E-state index in [0.29, 0.717) is 16.6 Å². The predicted octanol–water partition coefficient (Wildman–Crippen LogP) is 6.49. The van der Waals surface area contributed by atoms with Gasteiger partial charge in [0, 0.05) is 5.56 Å². The predicted molar refractivity (Wildman–Crippen MR) is 136 cm³/mol. The van der Waals surface area contributed by atoms with Gasteiger partial charge in [0.25, 0.3) is 5.78 Å². The molecule has 7 heteroatoms. The van der Waals surface area contributed by atoms with Crippen LogP contribution in [0.1, 0.15) is 48.1 Å². The second kappa shape index (κ2) is 8.74. The number of amides is 1. The largest absolute Gasteiger partial charge is 0.507 e. The number of Topliss-reactive ketones (excluding diaryl/α,β-unsaturated/α-hetero) is 1. The van der Waals surface area contributed by atoms with Gasteiger partial charge in [-0.2, -0.15) is 0 Å². The lowest BCUT2D eigenvalue weighted by Gasteiger charge is -2.23. The molecule has 5 rings (SSSR count). The number of thiazole rings is 1. The third-order valence-electron chi connectivity index (χ3n) is 6.22. The topological polar surface area (TPSA) is 70.5 Å². The van der Waals surface area contributed by atoms with E-state index in [4.69, 9.17) is 0 Å². The highest BCUT2D eigenvalue weighted by molar-refractivity contribution is 7.22. The summed E-state index contributed by atoms with van der Waals surface area (Å²) in [4.78, 5) is 32.6. The van der Waals surface area contributed by atoms with Crippen LogP contribution in [0.3, 0.4) is 0 Å². The Morgan fingerprint density at radius 1 is 1.03 bits per heavy atom. The number of aromatic nitrogens is 1. The molecule has 1 saturated heterocycles. The molecule has 0 radical (unpaired) electrons. The van der Waals surface area contributed by atoms with Crippen LogP contribution in [-0.4, -0.2) is 21.8 Å². The first-order chi connectivity index (χ1) is 16.7. The number of carbonyl (C=O) groups is 2. The van der Waals surface area contributed by atoms with Crippen LogP contribution in [-0.2, 0) is 9.59 Å². The van der Waals surface area contributed by atoms with Gasteiger partial charge in [0.05, 0.1) is 21.8 Å². The molecule has 0 spiro atoms. The Bertz CT molecular complexity index is 1490. The summed E-state index contributed by atoms with van der Waals surface area (Å²) in [6.45, 7) is 6.14.